The van der Waals surface area contributed by atoms with Gasteiger partial charge in [0.15, 0.2) is 0 Å². The molecule has 0 aromatic heterocycles. The normalized spacial score (nSPS) is 17.2. The molecule has 155 valence electrons. The first kappa shape index (κ1) is 21.5. The van der Waals surface area contributed by atoms with Gasteiger partial charge in [-0.3, -0.25) is 0 Å². The van der Waals surface area contributed by atoms with Gasteiger partial charge in [0.1, 0.15) is 0 Å². The summed E-state index contributed by atoms with van der Waals surface area (Å²) in [6, 6.07) is 41.6. The zero-order valence-corrected chi connectivity index (χ0v) is 22.6. The van der Waals surface area contributed by atoms with Crippen molar-refractivity contribution in [2.24, 2.45) is 0 Å². The Kier molecular flexibility index (Phi) is 4.00. The van der Waals surface area contributed by atoms with Crippen LogP contribution in [-0.4, -0.2) is 0 Å². The molecule has 29 heavy (non-hydrogen) atoms. The number of hydrogen-bond donors (Lipinski definition) is 0. The van der Waals surface area contributed by atoms with E-state index in [4.69, 9.17) is 0 Å². The molecule has 0 bridgehead atoms. The molecule has 0 aliphatic carbocycles. The molecule has 0 saturated carbocycles. The second-order valence-corrected chi connectivity index (χ2v) is 57.3. The first-order valence-electron chi connectivity index (χ1n) is 8.70. The fraction of sp³-hybridized carbons (Fsp3) is 0. The quantitative estimate of drug-likeness (QED) is 0.206. The Balaban J connectivity index is 2.53. The Hall–Kier alpha value is -0.681. The molecule has 4 aromatic carbocycles. The van der Waals surface area contributed by atoms with Crippen LogP contribution in [0.2, 0.25) is 0 Å². The average Bonchev–Trinajstić information content (AvgIpc) is 2.77. The molecule has 5 heteroatoms. The summed E-state index contributed by atoms with van der Waals surface area (Å²) in [6.07, 6.45) is 0. The zero-order valence-electron chi connectivity index (χ0n) is 15.4. The summed E-state index contributed by atoms with van der Waals surface area (Å²) < 4.78 is -1.42. The summed E-state index contributed by atoms with van der Waals surface area (Å²) in [5.41, 5.74) is 0. The van der Waals surface area contributed by atoms with Crippen molar-refractivity contribution in [2.75, 3.05) is 0 Å². The van der Waals surface area contributed by atoms with Crippen molar-refractivity contribution >= 4 is 74.3 Å². The van der Waals surface area contributed by atoms with Crippen LogP contribution in [0, 0.1) is 0 Å². The first-order valence-corrected chi connectivity index (χ1v) is 19.9. The van der Waals surface area contributed by atoms with E-state index in [2.05, 4.69) is 154 Å². The van der Waals surface area contributed by atoms with Gasteiger partial charge in [-0.2, -0.15) is 0 Å². The van der Waals surface area contributed by atoms with E-state index < -0.39 is 1.39 Å². The zero-order chi connectivity index (χ0) is 20.8. The molecule has 0 aliphatic heterocycles. The van der Waals surface area contributed by atoms with Gasteiger partial charge in [-0.15, -0.1) is 0 Å². The maximum atomic E-state index is 4.50. The molecular formula is C24H20Br4Cu. The molecule has 4 rings (SSSR count). The molecule has 0 amide bonds. The van der Waals surface area contributed by atoms with Crippen molar-refractivity contribution in [3.63, 3.8) is 0 Å². The van der Waals surface area contributed by atoms with Crippen molar-refractivity contribution in [3.8, 4) is 0 Å². The van der Waals surface area contributed by atoms with Gasteiger partial charge in [0.25, 0.3) is 0 Å². The van der Waals surface area contributed by atoms with E-state index in [-0.39, 0.29) is 0 Å². The van der Waals surface area contributed by atoms with Crippen LogP contribution in [0.1, 0.15) is 0 Å². The number of hydrogen-bond acceptors (Lipinski definition) is 0. The van der Waals surface area contributed by atoms with Gasteiger partial charge in [0, 0.05) is 0 Å². The van der Waals surface area contributed by atoms with Gasteiger partial charge >= 0.3 is 197 Å². The predicted molar refractivity (Wildman–Crippen MR) is 140 cm³/mol. The van der Waals surface area contributed by atoms with Crippen LogP contribution in [0.3, 0.4) is 0 Å². The SMILES string of the molecule is [Br][Cu]([Br])([Br])([Br])([c]1ccccc1)([c]1ccccc1)([c]1ccccc1)[c]1ccccc1. The summed E-state index contributed by atoms with van der Waals surface area (Å²) in [7, 11) is 0. The Morgan fingerprint density at radius 3 is 0.655 bits per heavy atom. The third-order valence-corrected chi connectivity index (χ3v) is 30.9. The standard InChI is InChI=1S/4C6H5.4BrH.Cu/c4*1-2-4-6-5-3-1;;;;;/h4*1-5H;4*1H;/q;;;;;;;;+4/p-4. The number of halogens is 4. The summed E-state index contributed by atoms with van der Waals surface area (Å²) in [5.74, 6) is 0. The average molecular weight is 692 g/mol. The van der Waals surface area contributed by atoms with E-state index in [1.807, 2.05) is 24.3 Å². The number of rotatable bonds is 4. The van der Waals surface area contributed by atoms with Crippen LogP contribution < -0.4 is 17.8 Å². The van der Waals surface area contributed by atoms with Crippen molar-refractivity contribution in [3.05, 3.63) is 121 Å². The Morgan fingerprint density at radius 2 is 0.483 bits per heavy atom. The van der Waals surface area contributed by atoms with E-state index in [1.54, 1.807) is 0 Å². The van der Waals surface area contributed by atoms with Crippen LogP contribution in [0.15, 0.2) is 121 Å². The van der Waals surface area contributed by atoms with Crippen LogP contribution in [0.5, 0.6) is 0 Å². The molecular weight excluding hydrogens is 671 g/mol. The summed E-state index contributed by atoms with van der Waals surface area (Å²) >= 11 is 18.0. The summed E-state index contributed by atoms with van der Waals surface area (Å²) in [5, 5.41) is 0. The van der Waals surface area contributed by atoms with Gasteiger partial charge in [0.05, 0.1) is 0 Å². The van der Waals surface area contributed by atoms with E-state index in [9.17, 15) is 0 Å². The van der Waals surface area contributed by atoms with Crippen LogP contribution in [0.25, 0.3) is 0 Å². The Bertz CT molecular complexity index is 1040. The minimum atomic E-state index is -5.38. The fourth-order valence-corrected chi connectivity index (χ4v) is 20.3. The van der Waals surface area contributed by atoms with E-state index >= 15 is 0 Å². The molecule has 0 atom stereocenters. The molecule has 0 nitrogen and oxygen atoms in total. The van der Waals surface area contributed by atoms with Gasteiger partial charge in [-0.25, -0.2) is 0 Å². The van der Waals surface area contributed by atoms with Crippen LogP contribution in [-0.2, 0) is 1.39 Å². The molecule has 0 heterocycles. The second-order valence-electron chi connectivity index (χ2n) is 6.63. The van der Waals surface area contributed by atoms with Crippen molar-refractivity contribution < 1.29 is 1.39 Å². The second kappa shape index (κ2) is 5.38. The molecule has 0 radical (unpaired) electrons. The first-order chi connectivity index (χ1) is 13.5. The molecule has 0 N–H and O–H groups in total. The number of benzene rings is 4. The summed E-state index contributed by atoms with van der Waals surface area (Å²) in [4.78, 5) is 0. The van der Waals surface area contributed by atoms with Crippen molar-refractivity contribution in [1.29, 1.82) is 0 Å². The molecule has 4 aromatic rings. The van der Waals surface area contributed by atoms with Gasteiger partial charge < -0.3 is 0 Å². The molecule has 0 spiro atoms. The predicted octanol–water partition coefficient (Wildman–Crippen LogP) is 6.82. The molecule has 0 aliphatic rings. The third kappa shape index (κ3) is 2.30. The van der Waals surface area contributed by atoms with Gasteiger partial charge in [0.2, 0.25) is 0 Å². The minimum absolute atomic E-state index is 0.990. The van der Waals surface area contributed by atoms with Gasteiger partial charge in [-0.05, 0) is 0 Å². The van der Waals surface area contributed by atoms with Crippen molar-refractivity contribution in [2.45, 2.75) is 0 Å². The molecule has 0 saturated heterocycles. The van der Waals surface area contributed by atoms with Crippen LogP contribution >= 0.6 is 56.4 Å². The topological polar surface area (TPSA) is 0 Å². The van der Waals surface area contributed by atoms with E-state index in [1.165, 1.54) is 0 Å². The maximum absolute atomic E-state index is 5.38. The van der Waals surface area contributed by atoms with Gasteiger partial charge in [-0.1, -0.05) is 0 Å². The molecule has 0 unspecified atom stereocenters. The van der Waals surface area contributed by atoms with Crippen molar-refractivity contribution in [1.82, 2.24) is 0 Å². The monoisotopic (exact) mass is 687 g/mol. The van der Waals surface area contributed by atoms with E-state index in [0.29, 0.717) is 0 Å². The Morgan fingerprint density at radius 1 is 0.310 bits per heavy atom. The van der Waals surface area contributed by atoms with Crippen LogP contribution in [0.4, 0.5) is 0 Å². The third-order valence-electron chi connectivity index (χ3n) is 4.93. The Labute approximate surface area is 195 Å². The fourth-order valence-electron chi connectivity index (χ4n) is 3.41. The summed E-state index contributed by atoms with van der Waals surface area (Å²) in [6.45, 7) is 0. The van der Waals surface area contributed by atoms with E-state index in [0.717, 1.165) is 17.8 Å². The molecule has 0 fully saturated rings.